The van der Waals surface area contributed by atoms with Gasteiger partial charge in [-0.05, 0) is 36.8 Å². The monoisotopic (exact) mass is 423 g/mol. The number of aromatic nitrogens is 2. The van der Waals surface area contributed by atoms with Crippen LogP contribution in [0.5, 0.6) is 5.75 Å². The van der Waals surface area contributed by atoms with Crippen molar-refractivity contribution in [2.24, 2.45) is 0 Å². The first-order chi connectivity index (χ1) is 14.9. The summed E-state index contributed by atoms with van der Waals surface area (Å²) in [7, 11) is 1.49. The average molecular weight is 423 g/mol. The van der Waals surface area contributed by atoms with E-state index in [0.717, 1.165) is 5.56 Å². The second kappa shape index (κ2) is 9.53. The van der Waals surface area contributed by atoms with Crippen molar-refractivity contribution in [1.82, 2.24) is 15.1 Å². The third kappa shape index (κ3) is 5.24. The van der Waals surface area contributed by atoms with Gasteiger partial charge in [-0.2, -0.15) is 5.10 Å². The summed E-state index contributed by atoms with van der Waals surface area (Å²) in [6.07, 6.45) is 1.60. The molecular weight excluding hydrogens is 402 g/mol. The molecule has 2 amide bonds. The van der Waals surface area contributed by atoms with Crippen LogP contribution in [-0.2, 0) is 13.2 Å². The number of aryl methyl sites for hydroxylation is 1. The molecule has 0 spiro atoms. The molecule has 3 aromatic rings. The van der Waals surface area contributed by atoms with Crippen LogP contribution in [0.4, 0.5) is 11.4 Å². The Kier molecular flexibility index (Phi) is 6.61. The summed E-state index contributed by atoms with van der Waals surface area (Å²) < 4.78 is 7.21. The molecule has 2 N–H and O–H groups in total. The Hall–Kier alpha value is -4.21. The number of rotatable bonds is 8. The van der Waals surface area contributed by atoms with E-state index in [0.29, 0.717) is 23.5 Å². The highest BCUT2D eigenvalue weighted by Crippen LogP contribution is 2.19. The van der Waals surface area contributed by atoms with Crippen LogP contribution in [0.2, 0.25) is 0 Å². The Morgan fingerprint density at radius 3 is 2.55 bits per heavy atom. The van der Waals surface area contributed by atoms with Gasteiger partial charge < -0.3 is 15.4 Å². The molecule has 160 valence electrons. The minimum atomic E-state index is -0.481. The maximum atomic E-state index is 12.7. The molecule has 1 aromatic heterocycles. The number of carbonyl (C=O) groups excluding carboxylic acids is 2. The summed E-state index contributed by atoms with van der Waals surface area (Å²) in [6, 6.07) is 12.6. The van der Waals surface area contributed by atoms with Gasteiger partial charge >= 0.3 is 0 Å². The van der Waals surface area contributed by atoms with E-state index in [1.807, 2.05) is 6.92 Å². The van der Waals surface area contributed by atoms with Gasteiger partial charge in [-0.25, -0.2) is 0 Å². The Balaban J connectivity index is 1.70. The summed E-state index contributed by atoms with van der Waals surface area (Å²) in [5.74, 6) is -0.312. The lowest BCUT2D eigenvalue weighted by Gasteiger charge is -2.09. The number of ether oxygens (including phenoxy) is 1. The van der Waals surface area contributed by atoms with Crippen molar-refractivity contribution in [1.29, 1.82) is 0 Å². The van der Waals surface area contributed by atoms with Crippen molar-refractivity contribution in [2.75, 3.05) is 12.4 Å². The second-order valence-electron chi connectivity index (χ2n) is 6.52. The van der Waals surface area contributed by atoms with Gasteiger partial charge in [0.25, 0.3) is 17.5 Å². The van der Waals surface area contributed by atoms with E-state index in [-0.39, 0.29) is 18.0 Å². The molecule has 10 heteroatoms. The highest BCUT2D eigenvalue weighted by molar-refractivity contribution is 6.08. The summed E-state index contributed by atoms with van der Waals surface area (Å²) in [5, 5.41) is 20.1. The van der Waals surface area contributed by atoms with Crippen molar-refractivity contribution < 1.29 is 19.2 Å². The number of amides is 2. The number of hydrogen-bond donors (Lipinski definition) is 2. The first kappa shape index (κ1) is 21.5. The van der Waals surface area contributed by atoms with Crippen molar-refractivity contribution in [3.05, 3.63) is 81.7 Å². The van der Waals surface area contributed by atoms with E-state index in [2.05, 4.69) is 15.7 Å². The van der Waals surface area contributed by atoms with Crippen LogP contribution < -0.4 is 15.4 Å². The Morgan fingerprint density at radius 1 is 1.16 bits per heavy atom. The molecule has 0 saturated carbocycles. The van der Waals surface area contributed by atoms with Gasteiger partial charge in [0.15, 0.2) is 5.69 Å². The van der Waals surface area contributed by atoms with E-state index < -0.39 is 16.7 Å². The number of nitro groups is 1. The Morgan fingerprint density at radius 2 is 1.90 bits per heavy atom. The number of hydrogen-bond acceptors (Lipinski definition) is 6. The molecule has 0 bridgehead atoms. The minimum Gasteiger partial charge on any atom is -0.489 e. The third-order valence-electron chi connectivity index (χ3n) is 4.42. The zero-order valence-corrected chi connectivity index (χ0v) is 17.0. The normalized spacial score (nSPS) is 10.4. The van der Waals surface area contributed by atoms with Gasteiger partial charge in [0, 0.05) is 37.5 Å². The van der Waals surface area contributed by atoms with Crippen LogP contribution >= 0.6 is 0 Å². The highest BCUT2D eigenvalue weighted by Gasteiger charge is 2.18. The maximum Gasteiger partial charge on any atom is 0.273 e. The lowest BCUT2D eigenvalue weighted by molar-refractivity contribution is -0.384. The molecular formula is C21H21N5O5. The number of nitrogens with zero attached hydrogens (tertiary/aromatic N) is 3. The molecule has 0 aliphatic carbocycles. The van der Waals surface area contributed by atoms with Crippen LogP contribution in [0.15, 0.2) is 54.7 Å². The number of nitrogens with one attached hydrogen (secondary N) is 2. The minimum absolute atomic E-state index is 0.0199. The highest BCUT2D eigenvalue weighted by atomic mass is 16.6. The molecule has 10 nitrogen and oxygen atoms in total. The molecule has 2 aromatic carbocycles. The molecule has 31 heavy (non-hydrogen) atoms. The summed E-state index contributed by atoms with van der Waals surface area (Å²) in [4.78, 5) is 35.0. The van der Waals surface area contributed by atoms with Gasteiger partial charge in [-0.3, -0.25) is 24.4 Å². The fraction of sp³-hybridized carbons (Fsp3) is 0.190. The quantitative estimate of drug-likeness (QED) is 0.423. The lowest BCUT2D eigenvalue weighted by Crippen LogP contribution is -2.21. The molecule has 0 unspecified atom stereocenters. The van der Waals surface area contributed by atoms with E-state index >= 15 is 0 Å². The van der Waals surface area contributed by atoms with E-state index in [9.17, 15) is 19.7 Å². The summed E-state index contributed by atoms with van der Waals surface area (Å²) in [6.45, 7) is 2.60. The standard InChI is InChI=1S/C21H21N5O5/c1-3-25-12-18(19(24-25)21(28)22-2)23-20(27)15-6-4-5-14(11-15)13-31-17-9-7-16(8-10-17)26(29)30/h4-12H,3,13H2,1-2H3,(H,22,28)(H,23,27). The predicted octanol–water partition coefficient (Wildman–Crippen LogP) is 3.00. The van der Waals surface area contributed by atoms with Crippen molar-refractivity contribution >= 4 is 23.2 Å². The molecule has 0 fully saturated rings. The molecule has 3 rings (SSSR count). The first-order valence-electron chi connectivity index (χ1n) is 9.48. The van der Waals surface area contributed by atoms with Crippen molar-refractivity contribution in [3.63, 3.8) is 0 Å². The smallest absolute Gasteiger partial charge is 0.273 e. The Labute approximate surface area is 178 Å². The van der Waals surface area contributed by atoms with E-state index in [4.69, 9.17) is 4.74 Å². The zero-order valence-electron chi connectivity index (χ0n) is 17.0. The van der Waals surface area contributed by atoms with Crippen LogP contribution in [0.1, 0.15) is 33.3 Å². The Bertz CT molecular complexity index is 1110. The van der Waals surface area contributed by atoms with Gasteiger partial charge in [0.1, 0.15) is 12.4 Å². The van der Waals surface area contributed by atoms with Gasteiger partial charge in [-0.1, -0.05) is 12.1 Å². The largest absolute Gasteiger partial charge is 0.489 e. The lowest BCUT2D eigenvalue weighted by atomic mass is 10.1. The molecule has 1 heterocycles. The summed E-state index contributed by atoms with van der Waals surface area (Å²) >= 11 is 0. The first-order valence-corrected chi connectivity index (χ1v) is 9.48. The van der Waals surface area contributed by atoms with E-state index in [1.54, 1.807) is 35.1 Å². The SMILES string of the molecule is CCn1cc(NC(=O)c2cccc(COc3ccc([N+](=O)[O-])cc3)c2)c(C(=O)NC)n1. The molecule has 0 saturated heterocycles. The average Bonchev–Trinajstić information content (AvgIpc) is 3.20. The maximum absolute atomic E-state index is 12.7. The van der Waals surface area contributed by atoms with Crippen LogP contribution in [0.25, 0.3) is 0 Å². The van der Waals surface area contributed by atoms with Crippen LogP contribution in [0.3, 0.4) is 0 Å². The topological polar surface area (TPSA) is 128 Å². The zero-order chi connectivity index (χ0) is 22.4. The van der Waals surface area contributed by atoms with E-state index in [1.165, 1.54) is 31.3 Å². The molecule has 0 aliphatic heterocycles. The summed E-state index contributed by atoms with van der Waals surface area (Å²) in [5.41, 5.74) is 1.56. The second-order valence-corrected chi connectivity index (χ2v) is 6.52. The van der Waals surface area contributed by atoms with Crippen molar-refractivity contribution in [3.8, 4) is 5.75 Å². The third-order valence-corrected chi connectivity index (χ3v) is 4.42. The van der Waals surface area contributed by atoms with Crippen molar-refractivity contribution in [2.45, 2.75) is 20.1 Å². The van der Waals surface area contributed by atoms with Crippen LogP contribution in [0, 0.1) is 10.1 Å². The molecule has 0 radical (unpaired) electrons. The fourth-order valence-corrected chi connectivity index (χ4v) is 2.79. The van der Waals surface area contributed by atoms with Crippen LogP contribution in [-0.4, -0.2) is 33.6 Å². The number of carbonyl (C=O) groups is 2. The molecule has 0 atom stereocenters. The van der Waals surface area contributed by atoms with Gasteiger partial charge in [-0.15, -0.1) is 0 Å². The molecule has 0 aliphatic rings. The van der Waals surface area contributed by atoms with Gasteiger partial charge in [0.2, 0.25) is 0 Å². The number of anilines is 1. The predicted molar refractivity (Wildman–Crippen MR) is 113 cm³/mol. The fourth-order valence-electron chi connectivity index (χ4n) is 2.79. The number of benzene rings is 2. The number of nitro benzene ring substituents is 1. The van der Waals surface area contributed by atoms with Gasteiger partial charge in [0.05, 0.1) is 10.6 Å². The number of non-ortho nitro benzene ring substituents is 1.